The van der Waals surface area contributed by atoms with Crippen LogP contribution in [0.2, 0.25) is 6.82 Å². The lowest BCUT2D eigenvalue weighted by Gasteiger charge is -2.24. The molecule has 3 aromatic heterocycles. The maximum Gasteiger partial charge on any atom is 0.405 e. The SMILES string of the molecule is [2H]C([2H])([2H])c1ccc2c3c(oc2n1)=CB(C)N(c1cc(C)c(C([2H])([2H])[2H])c[n+]1C)C=3C. The van der Waals surface area contributed by atoms with Crippen LogP contribution in [0.25, 0.3) is 22.8 Å². The van der Waals surface area contributed by atoms with Gasteiger partial charge in [0.15, 0.2) is 0 Å². The summed E-state index contributed by atoms with van der Waals surface area (Å²) in [6, 6.07) is 5.13. The second-order valence-electron chi connectivity index (χ2n) is 6.59. The van der Waals surface area contributed by atoms with E-state index in [1.54, 1.807) is 19.2 Å². The van der Waals surface area contributed by atoms with Crippen LogP contribution < -0.4 is 20.0 Å². The second-order valence-corrected chi connectivity index (χ2v) is 6.59. The van der Waals surface area contributed by atoms with Gasteiger partial charge >= 0.3 is 6.85 Å². The number of aromatic nitrogens is 2. The van der Waals surface area contributed by atoms with Gasteiger partial charge in [0.25, 0.3) is 5.82 Å². The summed E-state index contributed by atoms with van der Waals surface area (Å²) in [5.74, 6) is 2.81. The van der Waals surface area contributed by atoms with Crippen molar-refractivity contribution in [3.05, 3.63) is 51.9 Å². The molecule has 0 saturated carbocycles. The van der Waals surface area contributed by atoms with Crippen molar-refractivity contribution in [3.8, 4) is 0 Å². The van der Waals surface area contributed by atoms with Gasteiger partial charge in [-0.25, -0.2) is 9.55 Å². The molecule has 0 unspecified atom stereocenters. The third kappa shape index (κ3) is 2.37. The lowest BCUT2D eigenvalue weighted by molar-refractivity contribution is -0.658. The average Bonchev–Trinajstić information content (AvgIpc) is 2.99. The number of pyridine rings is 2. The van der Waals surface area contributed by atoms with Crippen LogP contribution in [0.1, 0.15) is 32.0 Å². The molecule has 0 N–H and O–H groups in total. The van der Waals surface area contributed by atoms with E-state index in [9.17, 15) is 0 Å². The van der Waals surface area contributed by atoms with Gasteiger partial charge in [-0.2, -0.15) is 0 Å². The van der Waals surface area contributed by atoms with E-state index in [-0.39, 0.29) is 12.5 Å². The van der Waals surface area contributed by atoms with Crippen molar-refractivity contribution >= 4 is 35.4 Å². The van der Waals surface area contributed by atoms with Gasteiger partial charge in [0.05, 0.1) is 29.5 Å². The van der Waals surface area contributed by atoms with Crippen molar-refractivity contribution in [1.82, 2.24) is 4.98 Å². The summed E-state index contributed by atoms with van der Waals surface area (Å²) in [5, 5.41) is 1.60. The molecule has 0 atom stereocenters. The summed E-state index contributed by atoms with van der Waals surface area (Å²) >= 11 is 0. The number of rotatable bonds is 1. The van der Waals surface area contributed by atoms with Crippen molar-refractivity contribution in [3.63, 3.8) is 0 Å². The molecular formula is C20H23BN3O+. The first-order valence-corrected chi connectivity index (χ1v) is 8.22. The minimum Gasteiger partial charge on any atom is -0.439 e. The zero-order chi connectivity index (χ0) is 22.9. The fourth-order valence-corrected chi connectivity index (χ4v) is 3.56. The Hall–Kier alpha value is -2.56. The van der Waals surface area contributed by atoms with E-state index in [0.29, 0.717) is 22.3 Å². The number of anilines is 1. The molecular weight excluding hydrogens is 309 g/mol. The Morgan fingerprint density at radius 2 is 2.08 bits per heavy atom. The quantitative estimate of drug-likeness (QED) is 0.504. The highest BCUT2D eigenvalue weighted by molar-refractivity contribution is 6.77. The van der Waals surface area contributed by atoms with Crippen LogP contribution in [0, 0.1) is 20.6 Å². The molecule has 4 rings (SSSR count). The Morgan fingerprint density at radius 3 is 2.84 bits per heavy atom. The maximum absolute atomic E-state index is 7.77. The lowest BCUT2D eigenvalue weighted by Crippen LogP contribution is -2.50. The Kier molecular flexibility index (Phi) is 2.29. The molecule has 0 spiro atoms. The fraction of sp³-hybridized carbons (Fsp3) is 0.300. The minimum absolute atomic E-state index is 0.00377. The Labute approximate surface area is 156 Å². The van der Waals surface area contributed by atoms with E-state index in [1.165, 1.54) is 6.07 Å². The molecule has 25 heavy (non-hydrogen) atoms. The zero-order valence-corrected chi connectivity index (χ0v) is 14.7. The van der Waals surface area contributed by atoms with Crippen molar-refractivity contribution in [1.29, 1.82) is 0 Å². The molecule has 0 aliphatic carbocycles. The maximum atomic E-state index is 7.77. The van der Waals surface area contributed by atoms with E-state index in [4.69, 9.17) is 12.6 Å². The molecule has 126 valence electrons. The van der Waals surface area contributed by atoms with Crippen LogP contribution in [0.4, 0.5) is 5.82 Å². The Bertz CT molecular complexity index is 1330. The van der Waals surface area contributed by atoms with Gasteiger partial charge in [-0.3, -0.25) is 4.81 Å². The molecule has 0 amide bonds. The second kappa shape index (κ2) is 5.48. The number of hydrogen-bond acceptors (Lipinski definition) is 3. The van der Waals surface area contributed by atoms with Gasteiger partial charge < -0.3 is 4.42 Å². The van der Waals surface area contributed by atoms with Gasteiger partial charge in [0.1, 0.15) is 5.42 Å². The first kappa shape index (κ1) is 10.4. The topological polar surface area (TPSA) is 33.2 Å². The van der Waals surface area contributed by atoms with Crippen molar-refractivity contribution < 1.29 is 17.2 Å². The molecule has 5 heteroatoms. The lowest BCUT2D eigenvalue weighted by atomic mass is 9.61. The molecule has 4 nitrogen and oxygen atoms in total. The molecule has 1 aliphatic heterocycles. The smallest absolute Gasteiger partial charge is 0.405 e. The van der Waals surface area contributed by atoms with E-state index in [1.807, 2.05) is 37.4 Å². The minimum atomic E-state index is -2.31. The molecule has 4 heterocycles. The molecule has 0 aromatic carbocycles. The highest BCUT2D eigenvalue weighted by Gasteiger charge is 2.34. The number of nitrogens with zero attached hydrogens (tertiary/aromatic N) is 3. The molecule has 1 aliphatic rings. The number of furan rings is 1. The highest BCUT2D eigenvalue weighted by Crippen LogP contribution is 2.22. The largest absolute Gasteiger partial charge is 0.439 e. The van der Waals surface area contributed by atoms with Crippen molar-refractivity contribution in [2.75, 3.05) is 4.81 Å². The van der Waals surface area contributed by atoms with Crippen molar-refractivity contribution in [2.45, 2.75) is 34.4 Å². The van der Waals surface area contributed by atoms with Crippen LogP contribution in [-0.4, -0.2) is 11.8 Å². The molecule has 0 fully saturated rings. The molecule has 0 radical (unpaired) electrons. The van der Waals surface area contributed by atoms with Crippen LogP contribution in [0.5, 0.6) is 0 Å². The van der Waals surface area contributed by atoms with Gasteiger partial charge in [-0.05, 0) is 63.6 Å². The predicted molar refractivity (Wildman–Crippen MR) is 103 cm³/mol. The number of hydrogen-bond donors (Lipinski definition) is 0. The van der Waals surface area contributed by atoms with Crippen LogP contribution >= 0.6 is 0 Å². The molecule has 3 aromatic rings. The van der Waals surface area contributed by atoms with Crippen LogP contribution in [-0.2, 0) is 7.05 Å². The first-order valence-electron chi connectivity index (χ1n) is 11.2. The monoisotopic (exact) mass is 338 g/mol. The molecule has 0 bridgehead atoms. The highest BCUT2D eigenvalue weighted by atomic mass is 16.3. The van der Waals surface area contributed by atoms with Gasteiger partial charge in [0, 0.05) is 20.0 Å². The van der Waals surface area contributed by atoms with E-state index >= 15 is 0 Å². The summed E-state index contributed by atoms with van der Waals surface area (Å²) in [5.41, 5.74) is 2.88. The zero-order valence-electron chi connectivity index (χ0n) is 20.7. The fourth-order valence-electron chi connectivity index (χ4n) is 3.56. The van der Waals surface area contributed by atoms with Crippen molar-refractivity contribution in [2.24, 2.45) is 7.05 Å². The normalized spacial score (nSPS) is 18.6. The van der Waals surface area contributed by atoms with E-state index in [2.05, 4.69) is 9.79 Å². The van der Waals surface area contributed by atoms with Crippen LogP contribution in [0.3, 0.4) is 0 Å². The van der Waals surface area contributed by atoms with Crippen LogP contribution in [0.15, 0.2) is 28.8 Å². The van der Waals surface area contributed by atoms with E-state index in [0.717, 1.165) is 22.1 Å². The third-order valence-corrected chi connectivity index (χ3v) is 4.81. The third-order valence-electron chi connectivity index (χ3n) is 4.81. The summed E-state index contributed by atoms with van der Waals surface area (Å²) in [6.07, 6.45) is 1.66. The Balaban J connectivity index is 1.94. The van der Waals surface area contributed by atoms with Gasteiger partial charge in [-0.1, -0.05) is 0 Å². The molecule has 0 saturated heterocycles. The summed E-state index contributed by atoms with van der Waals surface area (Å²) in [7, 11) is 1.83. The summed E-state index contributed by atoms with van der Waals surface area (Å²) in [4.78, 5) is 6.35. The predicted octanol–water partition coefficient (Wildman–Crippen LogP) is 2.17. The number of aryl methyl sites for hydroxylation is 4. The van der Waals surface area contributed by atoms with Gasteiger partial charge in [0.2, 0.25) is 5.71 Å². The van der Waals surface area contributed by atoms with E-state index < -0.39 is 13.7 Å². The standard InChI is InChI=1S/C20H23BN3O/c1-12-9-18(23(6)11-13(12)2)24-15(4)19-16-8-7-14(3)22-20(16)25-17(19)10-21(24)5/h7-11H,1-6H3/q+1/i2D3,3D3. The average molecular weight is 338 g/mol. The number of fused-ring (bicyclic) bond motifs is 3. The Morgan fingerprint density at radius 1 is 1.24 bits per heavy atom. The van der Waals surface area contributed by atoms with Gasteiger partial charge in [-0.15, -0.1) is 0 Å². The first-order chi connectivity index (χ1) is 14.3. The summed E-state index contributed by atoms with van der Waals surface area (Å²) in [6.45, 7) is 1.24. The summed E-state index contributed by atoms with van der Waals surface area (Å²) < 4.78 is 53.8.